The molecule has 8 nitrogen and oxygen atoms in total. The fourth-order valence-electron chi connectivity index (χ4n) is 3.31. The number of carboxylic acid groups (broad SMARTS) is 1. The Morgan fingerprint density at radius 3 is 2.44 bits per heavy atom. The Kier molecular flexibility index (Phi) is 7.97. The van der Waals surface area contributed by atoms with E-state index >= 15 is 0 Å². The van der Waals surface area contributed by atoms with Crippen LogP contribution in [0.15, 0.2) is 18.3 Å². The van der Waals surface area contributed by atoms with Gasteiger partial charge < -0.3 is 14.7 Å². The molecule has 3 rings (SSSR count). The molecule has 0 saturated carbocycles. The molecule has 0 radical (unpaired) electrons. The quantitative estimate of drug-likeness (QED) is 0.671. The molecule has 13 heteroatoms. The number of ether oxygens (including phenoxy) is 1. The van der Waals surface area contributed by atoms with Gasteiger partial charge in [-0.2, -0.15) is 13.2 Å². The van der Waals surface area contributed by atoms with Crippen LogP contribution in [0.3, 0.4) is 0 Å². The van der Waals surface area contributed by atoms with Crippen molar-refractivity contribution in [3.8, 4) is 5.75 Å². The van der Waals surface area contributed by atoms with Gasteiger partial charge in [-0.05, 0) is 31.9 Å². The number of amides is 2. The summed E-state index contributed by atoms with van der Waals surface area (Å²) in [6.07, 6.45) is -3.02. The summed E-state index contributed by atoms with van der Waals surface area (Å²) in [4.78, 5) is 39.7. The zero-order chi connectivity index (χ0) is 24.1. The highest BCUT2D eigenvalue weighted by Gasteiger charge is 2.45. The Bertz CT molecular complexity index is 832. The molecule has 2 aliphatic heterocycles. The third-order valence-electron chi connectivity index (χ3n) is 4.78. The van der Waals surface area contributed by atoms with Crippen molar-refractivity contribution in [2.45, 2.75) is 50.7 Å². The van der Waals surface area contributed by atoms with Gasteiger partial charge in [0.1, 0.15) is 0 Å². The van der Waals surface area contributed by atoms with Gasteiger partial charge in [0.05, 0.1) is 18.8 Å². The largest absolute Gasteiger partial charge is 0.490 e. The molecule has 0 aromatic carbocycles. The molecule has 178 valence electrons. The molecule has 1 aromatic rings. The highest BCUT2D eigenvalue weighted by Crippen LogP contribution is 2.31. The average Bonchev–Trinajstić information content (AvgIpc) is 2.68. The molecule has 0 spiro atoms. The second-order valence-electron chi connectivity index (χ2n) is 7.44. The maximum absolute atomic E-state index is 14.1. The van der Waals surface area contributed by atoms with Gasteiger partial charge in [-0.15, -0.1) is 0 Å². The number of aliphatic carboxylic acids is 1. The van der Waals surface area contributed by atoms with Crippen LogP contribution in [0.4, 0.5) is 26.7 Å². The molecule has 2 saturated heterocycles. The number of carboxylic acids is 1. The zero-order valence-corrected chi connectivity index (χ0v) is 17.1. The minimum Gasteiger partial charge on any atom is -0.475 e. The van der Waals surface area contributed by atoms with Crippen LogP contribution in [0.1, 0.15) is 31.4 Å². The van der Waals surface area contributed by atoms with Gasteiger partial charge in [-0.3, -0.25) is 14.7 Å². The molecule has 2 aliphatic rings. The summed E-state index contributed by atoms with van der Waals surface area (Å²) < 4.78 is 65.2. The standard InChI is InChI=1S/C17H21F2N3O3.C2HF3O2/c1-12-5-6-14(9-20-12)25-16(24)21-10-13(8-17(18,19)11-21)22-7-3-2-4-15(22)23;3-2(4,5)1(6)7/h5-6,9,13H,2-4,7-8,10-11H2,1H3;(H,6,7)/t13-;/m1./s1. The number of aryl methyl sites for hydroxylation is 1. The van der Waals surface area contributed by atoms with Gasteiger partial charge in [0.2, 0.25) is 5.91 Å². The topological polar surface area (TPSA) is 100 Å². The zero-order valence-electron chi connectivity index (χ0n) is 17.1. The smallest absolute Gasteiger partial charge is 0.475 e. The van der Waals surface area contributed by atoms with Gasteiger partial charge in [0, 0.05) is 31.6 Å². The number of halogens is 5. The van der Waals surface area contributed by atoms with E-state index in [4.69, 9.17) is 14.6 Å². The molecule has 3 heterocycles. The fraction of sp³-hybridized carbons (Fsp3) is 0.579. The van der Waals surface area contributed by atoms with Gasteiger partial charge in [-0.25, -0.2) is 18.4 Å². The summed E-state index contributed by atoms with van der Waals surface area (Å²) >= 11 is 0. The minimum absolute atomic E-state index is 0.0550. The molecule has 2 fully saturated rings. The van der Waals surface area contributed by atoms with E-state index in [1.54, 1.807) is 19.1 Å². The van der Waals surface area contributed by atoms with Crippen LogP contribution in [0.25, 0.3) is 0 Å². The predicted molar refractivity (Wildman–Crippen MR) is 99.2 cm³/mol. The molecule has 0 aliphatic carbocycles. The van der Waals surface area contributed by atoms with Crippen LogP contribution in [-0.2, 0) is 9.59 Å². The average molecular weight is 467 g/mol. The van der Waals surface area contributed by atoms with Crippen molar-refractivity contribution < 1.29 is 46.2 Å². The summed E-state index contributed by atoms with van der Waals surface area (Å²) in [6, 6.07) is 2.55. The SMILES string of the molecule is Cc1ccc(OC(=O)N2C[C@H](N3CCCCC3=O)CC(F)(F)C2)cn1.O=C(O)C(F)(F)F. The number of rotatable bonds is 2. The lowest BCUT2D eigenvalue weighted by Crippen LogP contribution is -2.59. The first-order valence-corrected chi connectivity index (χ1v) is 9.65. The Balaban J connectivity index is 0.000000451. The summed E-state index contributed by atoms with van der Waals surface area (Å²) in [7, 11) is 0. The van der Waals surface area contributed by atoms with Crippen molar-refractivity contribution in [2.75, 3.05) is 19.6 Å². The molecular weight excluding hydrogens is 445 g/mol. The third-order valence-corrected chi connectivity index (χ3v) is 4.78. The van der Waals surface area contributed by atoms with Crippen molar-refractivity contribution in [2.24, 2.45) is 0 Å². The lowest BCUT2D eigenvalue weighted by atomic mass is 9.98. The molecule has 1 N–H and O–H groups in total. The van der Waals surface area contributed by atoms with E-state index < -0.39 is 43.2 Å². The third kappa shape index (κ3) is 7.31. The molecule has 0 bridgehead atoms. The van der Waals surface area contributed by atoms with Crippen LogP contribution in [0, 0.1) is 6.92 Å². The Hall–Kier alpha value is -2.99. The van der Waals surface area contributed by atoms with E-state index in [1.807, 2.05) is 0 Å². The number of carbonyl (C=O) groups is 3. The number of aromatic nitrogens is 1. The first-order chi connectivity index (χ1) is 14.8. The van der Waals surface area contributed by atoms with Crippen LogP contribution >= 0.6 is 0 Å². The van der Waals surface area contributed by atoms with Crippen molar-refractivity contribution in [1.29, 1.82) is 0 Å². The highest BCUT2D eigenvalue weighted by molar-refractivity contribution is 5.77. The van der Waals surface area contributed by atoms with E-state index in [0.717, 1.165) is 23.4 Å². The Morgan fingerprint density at radius 1 is 1.25 bits per heavy atom. The fourth-order valence-corrected chi connectivity index (χ4v) is 3.31. The lowest BCUT2D eigenvalue weighted by molar-refractivity contribution is -0.192. The van der Waals surface area contributed by atoms with Gasteiger partial charge >= 0.3 is 18.2 Å². The lowest BCUT2D eigenvalue weighted by Gasteiger charge is -2.43. The normalized spacial score (nSPS) is 20.8. The second-order valence-corrected chi connectivity index (χ2v) is 7.44. The van der Waals surface area contributed by atoms with Crippen molar-refractivity contribution in [3.05, 3.63) is 24.0 Å². The Morgan fingerprint density at radius 2 is 1.91 bits per heavy atom. The van der Waals surface area contributed by atoms with Crippen LogP contribution < -0.4 is 4.74 Å². The van der Waals surface area contributed by atoms with Crippen molar-refractivity contribution in [1.82, 2.24) is 14.8 Å². The van der Waals surface area contributed by atoms with E-state index in [1.165, 1.54) is 11.1 Å². The number of pyridine rings is 1. The van der Waals surface area contributed by atoms with Crippen molar-refractivity contribution in [3.63, 3.8) is 0 Å². The van der Waals surface area contributed by atoms with Crippen LogP contribution in [0.5, 0.6) is 5.75 Å². The predicted octanol–water partition coefficient (Wildman–Crippen LogP) is 3.24. The van der Waals surface area contributed by atoms with Crippen LogP contribution in [-0.4, -0.2) is 75.6 Å². The monoisotopic (exact) mass is 467 g/mol. The van der Waals surface area contributed by atoms with Gasteiger partial charge in [0.15, 0.2) is 5.75 Å². The maximum Gasteiger partial charge on any atom is 0.490 e. The first kappa shape index (κ1) is 25.3. The molecule has 1 atom stereocenters. The second kappa shape index (κ2) is 10.1. The van der Waals surface area contributed by atoms with E-state index in [9.17, 15) is 31.5 Å². The number of carbonyl (C=O) groups excluding carboxylic acids is 2. The van der Waals surface area contributed by atoms with Gasteiger partial charge in [0.25, 0.3) is 5.92 Å². The summed E-state index contributed by atoms with van der Waals surface area (Å²) in [6.45, 7) is 1.60. The summed E-state index contributed by atoms with van der Waals surface area (Å²) in [5.74, 6) is -5.72. The Labute approximate surface area is 179 Å². The van der Waals surface area contributed by atoms with E-state index in [0.29, 0.717) is 13.0 Å². The maximum atomic E-state index is 14.1. The van der Waals surface area contributed by atoms with E-state index in [-0.39, 0.29) is 18.2 Å². The number of nitrogens with zero attached hydrogens (tertiary/aromatic N) is 3. The molecule has 2 amide bonds. The minimum atomic E-state index is -5.08. The first-order valence-electron chi connectivity index (χ1n) is 9.65. The summed E-state index contributed by atoms with van der Waals surface area (Å²) in [5.41, 5.74) is 0.757. The number of likely N-dealkylation sites (tertiary alicyclic amines) is 2. The summed E-state index contributed by atoms with van der Waals surface area (Å²) in [5, 5.41) is 7.12. The number of alkyl halides is 5. The highest BCUT2D eigenvalue weighted by atomic mass is 19.4. The number of hydrogen-bond donors (Lipinski definition) is 1. The number of piperidine rings is 2. The molecular formula is C19H22F5N3O5. The number of hydrogen-bond acceptors (Lipinski definition) is 5. The van der Waals surface area contributed by atoms with Crippen LogP contribution in [0.2, 0.25) is 0 Å². The molecule has 32 heavy (non-hydrogen) atoms. The van der Waals surface area contributed by atoms with Crippen molar-refractivity contribution >= 4 is 18.0 Å². The van der Waals surface area contributed by atoms with Gasteiger partial charge in [-0.1, -0.05) is 0 Å². The molecule has 0 unspecified atom stereocenters. The molecule has 1 aromatic heterocycles. The van der Waals surface area contributed by atoms with E-state index in [2.05, 4.69) is 4.98 Å².